The third kappa shape index (κ3) is 3.08. The molecule has 0 saturated carbocycles. The lowest BCUT2D eigenvalue weighted by atomic mass is 10.1. The Bertz CT molecular complexity index is 663. The molecule has 2 aromatic rings. The SMILES string of the molecule is COC(=O)c1ccc(NC(=O)c2ccc(Br)o2)c(C)c1. The number of furan rings is 1. The van der Waals surface area contributed by atoms with Crippen LogP contribution in [0.15, 0.2) is 39.4 Å². The van der Waals surface area contributed by atoms with Crippen LogP contribution in [-0.4, -0.2) is 19.0 Å². The van der Waals surface area contributed by atoms with Crippen LogP contribution < -0.4 is 5.32 Å². The molecule has 0 aliphatic carbocycles. The summed E-state index contributed by atoms with van der Waals surface area (Å²) in [6.07, 6.45) is 0. The third-order valence-electron chi connectivity index (χ3n) is 2.69. The van der Waals surface area contributed by atoms with E-state index in [1.165, 1.54) is 7.11 Å². The molecule has 1 N–H and O–H groups in total. The van der Waals surface area contributed by atoms with Crippen LogP contribution in [0.1, 0.15) is 26.5 Å². The standard InChI is InChI=1S/C14H12BrNO4/c1-8-7-9(14(18)19-2)3-4-10(8)16-13(17)11-5-6-12(15)20-11/h3-7H,1-2H3,(H,16,17). The van der Waals surface area contributed by atoms with Gasteiger partial charge >= 0.3 is 5.97 Å². The predicted octanol–water partition coefficient (Wildman–Crippen LogP) is 3.39. The maximum Gasteiger partial charge on any atom is 0.337 e. The molecule has 20 heavy (non-hydrogen) atoms. The minimum absolute atomic E-state index is 0.202. The second kappa shape index (κ2) is 5.92. The Morgan fingerprint density at radius 3 is 2.55 bits per heavy atom. The van der Waals surface area contributed by atoms with Gasteiger partial charge in [0.25, 0.3) is 5.91 Å². The monoisotopic (exact) mass is 337 g/mol. The Morgan fingerprint density at radius 2 is 2.00 bits per heavy atom. The summed E-state index contributed by atoms with van der Waals surface area (Å²) in [7, 11) is 1.32. The van der Waals surface area contributed by atoms with E-state index < -0.39 is 5.97 Å². The molecule has 1 aromatic carbocycles. The quantitative estimate of drug-likeness (QED) is 0.871. The minimum Gasteiger partial charge on any atom is -0.465 e. The zero-order valence-electron chi connectivity index (χ0n) is 10.9. The number of aryl methyl sites for hydroxylation is 1. The first kappa shape index (κ1) is 14.3. The summed E-state index contributed by atoms with van der Waals surface area (Å²) in [6, 6.07) is 8.10. The number of methoxy groups -OCH3 is 1. The molecular formula is C14H12BrNO4. The van der Waals surface area contributed by atoms with Crippen LogP contribution in [0, 0.1) is 6.92 Å². The van der Waals surface area contributed by atoms with E-state index in [1.807, 2.05) is 0 Å². The van der Waals surface area contributed by atoms with E-state index in [0.29, 0.717) is 15.9 Å². The lowest BCUT2D eigenvalue weighted by Gasteiger charge is -2.08. The van der Waals surface area contributed by atoms with Gasteiger partial charge in [0.2, 0.25) is 0 Å². The number of halogens is 1. The lowest BCUT2D eigenvalue weighted by molar-refractivity contribution is 0.0600. The molecule has 0 unspecified atom stereocenters. The number of anilines is 1. The Hall–Kier alpha value is -2.08. The van der Waals surface area contributed by atoms with E-state index in [4.69, 9.17) is 4.42 Å². The highest BCUT2D eigenvalue weighted by atomic mass is 79.9. The number of benzene rings is 1. The van der Waals surface area contributed by atoms with Gasteiger partial charge in [0.1, 0.15) is 0 Å². The van der Waals surface area contributed by atoms with Crippen molar-refractivity contribution in [1.29, 1.82) is 0 Å². The second-order valence-corrected chi connectivity index (χ2v) is 4.86. The summed E-state index contributed by atoms with van der Waals surface area (Å²) in [4.78, 5) is 23.3. The average Bonchev–Trinajstić information content (AvgIpc) is 2.86. The van der Waals surface area contributed by atoms with Gasteiger partial charge in [0, 0.05) is 5.69 Å². The molecule has 0 bridgehead atoms. The number of nitrogens with one attached hydrogen (secondary N) is 1. The van der Waals surface area contributed by atoms with Gasteiger partial charge in [-0.25, -0.2) is 4.79 Å². The highest BCUT2D eigenvalue weighted by Crippen LogP contribution is 2.20. The topological polar surface area (TPSA) is 68.5 Å². The van der Waals surface area contributed by atoms with Crippen LogP contribution in [0.2, 0.25) is 0 Å². The fourth-order valence-corrected chi connectivity index (χ4v) is 1.98. The van der Waals surface area contributed by atoms with E-state index in [-0.39, 0.29) is 11.7 Å². The van der Waals surface area contributed by atoms with Gasteiger partial charge < -0.3 is 14.5 Å². The molecule has 1 aromatic heterocycles. The first-order valence-corrected chi connectivity index (χ1v) is 6.56. The first-order valence-electron chi connectivity index (χ1n) is 5.77. The van der Waals surface area contributed by atoms with Crippen molar-refractivity contribution in [3.05, 3.63) is 51.9 Å². The molecule has 0 aliphatic heterocycles. The van der Waals surface area contributed by atoms with Crippen molar-refractivity contribution in [2.24, 2.45) is 0 Å². The molecule has 6 heteroatoms. The van der Waals surface area contributed by atoms with Gasteiger partial charge in [-0.15, -0.1) is 0 Å². The predicted molar refractivity (Wildman–Crippen MR) is 76.9 cm³/mol. The smallest absolute Gasteiger partial charge is 0.337 e. The zero-order chi connectivity index (χ0) is 14.7. The summed E-state index contributed by atoms with van der Waals surface area (Å²) in [5, 5.41) is 2.72. The zero-order valence-corrected chi connectivity index (χ0v) is 12.5. The van der Waals surface area contributed by atoms with E-state index >= 15 is 0 Å². The van der Waals surface area contributed by atoms with Crippen LogP contribution in [0.4, 0.5) is 5.69 Å². The van der Waals surface area contributed by atoms with Gasteiger partial charge in [0.05, 0.1) is 12.7 Å². The lowest BCUT2D eigenvalue weighted by Crippen LogP contribution is -2.12. The highest BCUT2D eigenvalue weighted by molar-refractivity contribution is 9.10. The molecule has 0 fully saturated rings. The fraction of sp³-hybridized carbons (Fsp3) is 0.143. The molecule has 5 nitrogen and oxygen atoms in total. The number of carbonyl (C=O) groups is 2. The van der Waals surface area contributed by atoms with Crippen molar-refractivity contribution in [3.63, 3.8) is 0 Å². The summed E-state index contributed by atoms with van der Waals surface area (Å²) >= 11 is 3.14. The summed E-state index contributed by atoms with van der Waals surface area (Å²) in [6.45, 7) is 1.79. The van der Waals surface area contributed by atoms with Gasteiger partial charge in [-0.3, -0.25) is 4.79 Å². The van der Waals surface area contributed by atoms with E-state index in [2.05, 4.69) is 26.0 Å². The number of ether oxygens (including phenoxy) is 1. The number of hydrogen-bond donors (Lipinski definition) is 1. The minimum atomic E-state index is -0.416. The third-order valence-corrected chi connectivity index (χ3v) is 3.12. The Morgan fingerprint density at radius 1 is 1.25 bits per heavy atom. The molecular weight excluding hydrogens is 326 g/mol. The first-order chi connectivity index (χ1) is 9.51. The van der Waals surface area contributed by atoms with E-state index in [1.54, 1.807) is 37.3 Å². The number of hydrogen-bond acceptors (Lipinski definition) is 4. The number of rotatable bonds is 3. The Labute approximate surface area is 124 Å². The maximum atomic E-state index is 11.9. The van der Waals surface area contributed by atoms with Gasteiger partial charge in [0.15, 0.2) is 10.4 Å². The van der Waals surface area contributed by atoms with E-state index in [0.717, 1.165) is 5.56 Å². The van der Waals surface area contributed by atoms with Crippen molar-refractivity contribution in [2.45, 2.75) is 6.92 Å². The average molecular weight is 338 g/mol. The number of amides is 1. The van der Waals surface area contributed by atoms with Crippen molar-refractivity contribution in [2.75, 3.05) is 12.4 Å². The Balaban J connectivity index is 2.18. The van der Waals surface area contributed by atoms with Crippen LogP contribution in [0.25, 0.3) is 0 Å². The van der Waals surface area contributed by atoms with Crippen LogP contribution in [-0.2, 0) is 4.74 Å². The molecule has 1 heterocycles. The largest absolute Gasteiger partial charge is 0.465 e. The van der Waals surface area contributed by atoms with Crippen molar-refractivity contribution < 1.29 is 18.7 Å². The summed E-state index contributed by atoms with van der Waals surface area (Å²) < 4.78 is 10.3. The van der Waals surface area contributed by atoms with Gasteiger partial charge in [-0.05, 0) is 58.7 Å². The van der Waals surface area contributed by atoms with Crippen molar-refractivity contribution in [1.82, 2.24) is 0 Å². The van der Waals surface area contributed by atoms with Crippen LogP contribution >= 0.6 is 15.9 Å². The fourth-order valence-electron chi connectivity index (χ4n) is 1.67. The van der Waals surface area contributed by atoms with Crippen molar-refractivity contribution >= 4 is 33.5 Å². The maximum absolute atomic E-state index is 11.9. The van der Waals surface area contributed by atoms with Crippen LogP contribution in [0.5, 0.6) is 0 Å². The normalized spacial score (nSPS) is 10.2. The number of esters is 1. The molecule has 104 valence electrons. The van der Waals surface area contributed by atoms with Gasteiger partial charge in [-0.2, -0.15) is 0 Å². The molecule has 0 radical (unpaired) electrons. The summed E-state index contributed by atoms with van der Waals surface area (Å²) in [5.74, 6) is -0.570. The van der Waals surface area contributed by atoms with Gasteiger partial charge in [-0.1, -0.05) is 0 Å². The molecule has 0 saturated heterocycles. The molecule has 1 amide bonds. The van der Waals surface area contributed by atoms with Crippen LogP contribution in [0.3, 0.4) is 0 Å². The highest BCUT2D eigenvalue weighted by Gasteiger charge is 2.13. The molecule has 2 rings (SSSR count). The molecule has 0 spiro atoms. The molecule has 0 aliphatic rings. The number of carbonyl (C=O) groups excluding carboxylic acids is 2. The Kier molecular flexibility index (Phi) is 4.24. The summed E-state index contributed by atoms with van der Waals surface area (Å²) in [5.41, 5.74) is 1.80. The molecule has 0 atom stereocenters. The second-order valence-electron chi connectivity index (χ2n) is 4.08. The van der Waals surface area contributed by atoms with Crippen molar-refractivity contribution in [3.8, 4) is 0 Å². The van der Waals surface area contributed by atoms with E-state index in [9.17, 15) is 9.59 Å².